The molecule has 3 aromatic carbocycles. The molecule has 3 rings (SSSR count). The molecule has 0 aliphatic rings. The average Bonchev–Trinajstić information content (AvgIpc) is 2.66. The monoisotopic (exact) mass is 317 g/mol. The van der Waals surface area contributed by atoms with Crippen molar-refractivity contribution >= 4 is 6.21 Å². The van der Waals surface area contributed by atoms with Gasteiger partial charge in [0.05, 0.1) is 13.3 Å². The third-order valence-corrected chi connectivity index (χ3v) is 3.64. The van der Waals surface area contributed by atoms with Crippen LogP contribution in [0.3, 0.4) is 0 Å². The first-order chi connectivity index (χ1) is 11.8. The van der Waals surface area contributed by atoms with Crippen molar-refractivity contribution in [2.75, 3.05) is 7.11 Å². The highest BCUT2D eigenvalue weighted by molar-refractivity contribution is 5.79. The van der Waals surface area contributed by atoms with Gasteiger partial charge in [0.2, 0.25) is 0 Å². The molecule has 0 N–H and O–H groups in total. The summed E-state index contributed by atoms with van der Waals surface area (Å²) in [5.74, 6) is 0.800. The zero-order valence-electron chi connectivity index (χ0n) is 13.6. The second kappa shape index (κ2) is 7.97. The standard InChI is InChI=1S/C21H19NO2/c1-23-21-12-6-7-17(14-21)15-22-24-16-18-8-5-11-20(13-18)19-9-3-2-4-10-19/h2-15H,16H2,1H3. The first-order valence-electron chi connectivity index (χ1n) is 7.79. The van der Waals surface area contributed by atoms with Crippen LogP contribution in [0.15, 0.2) is 84.0 Å². The van der Waals surface area contributed by atoms with Crippen LogP contribution in [-0.4, -0.2) is 13.3 Å². The van der Waals surface area contributed by atoms with Crippen LogP contribution < -0.4 is 4.74 Å². The summed E-state index contributed by atoms with van der Waals surface area (Å²) in [5, 5.41) is 4.03. The van der Waals surface area contributed by atoms with Crippen LogP contribution in [0.2, 0.25) is 0 Å². The third-order valence-electron chi connectivity index (χ3n) is 3.64. The number of oxime groups is 1. The van der Waals surface area contributed by atoms with Gasteiger partial charge in [-0.15, -0.1) is 0 Å². The minimum Gasteiger partial charge on any atom is -0.497 e. The molecule has 0 radical (unpaired) electrons. The number of hydrogen-bond acceptors (Lipinski definition) is 3. The summed E-state index contributed by atoms with van der Waals surface area (Å²) in [6.07, 6.45) is 1.68. The van der Waals surface area contributed by atoms with Crippen molar-refractivity contribution in [1.29, 1.82) is 0 Å². The fraction of sp³-hybridized carbons (Fsp3) is 0.0952. The van der Waals surface area contributed by atoms with Gasteiger partial charge in [0.15, 0.2) is 0 Å². The summed E-state index contributed by atoms with van der Waals surface area (Å²) in [6, 6.07) is 26.2. The van der Waals surface area contributed by atoms with Gasteiger partial charge in [0, 0.05) is 0 Å². The molecule has 0 amide bonds. The summed E-state index contributed by atoms with van der Waals surface area (Å²) >= 11 is 0. The lowest BCUT2D eigenvalue weighted by molar-refractivity contribution is 0.132. The maximum absolute atomic E-state index is 5.42. The number of hydrogen-bond donors (Lipinski definition) is 0. The molecular formula is C21H19NO2. The van der Waals surface area contributed by atoms with Crippen molar-refractivity contribution in [3.8, 4) is 16.9 Å². The molecule has 0 saturated heterocycles. The van der Waals surface area contributed by atoms with Gasteiger partial charge in [-0.1, -0.05) is 65.8 Å². The van der Waals surface area contributed by atoms with E-state index < -0.39 is 0 Å². The molecule has 3 aromatic rings. The molecule has 0 fully saturated rings. The molecule has 0 bridgehead atoms. The van der Waals surface area contributed by atoms with Crippen molar-refractivity contribution in [2.24, 2.45) is 5.16 Å². The Bertz CT molecular complexity index is 813. The number of ether oxygens (including phenoxy) is 1. The Labute approximate surface area is 142 Å². The molecule has 120 valence electrons. The van der Waals surface area contributed by atoms with Crippen LogP contribution in [0.4, 0.5) is 0 Å². The van der Waals surface area contributed by atoms with E-state index in [2.05, 4.69) is 29.4 Å². The molecule has 24 heavy (non-hydrogen) atoms. The largest absolute Gasteiger partial charge is 0.497 e. The van der Waals surface area contributed by atoms with E-state index in [1.807, 2.05) is 54.6 Å². The Hall–Kier alpha value is -3.07. The van der Waals surface area contributed by atoms with E-state index in [0.717, 1.165) is 16.9 Å². The maximum Gasteiger partial charge on any atom is 0.142 e. The van der Waals surface area contributed by atoms with Gasteiger partial charge >= 0.3 is 0 Å². The molecule has 0 saturated carbocycles. The van der Waals surface area contributed by atoms with Crippen molar-refractivity contribution < 1.29 is 9.57 Å². The lowest BCUT2D eigenvalue weighted by atomic mass is 10.0. The molecule has 0 unspecified atom stereocenters. The molecule has 0 aromatic heterocycles. The van der Waals surface area contributed by atoms with Crippen LogP contribution in [0, 0.1) is 0 Å². The minimum absolute atomic E-state index is 0.432. The number of rotatable bonds is 6. The molecule has 3 nitrogen and oxygen atoms in total. The zero-order valence-corrected chi connectivity index (χ0v) is 13.6. The number of methoxy groups -OCH3 is 1. The van der Waals surface area contributed by atoms with E-state index in [-0.39, 0.29) is 0 Å². The predicted octanol–water partition coefficient (Wildman–Crippen LogP) is 4.91. The maximum atomic E-state index is 5.42. The van der Waals surface area contributed by atoms with Crippen molar-refractivity contribution in [3.63, 3.8) is 0 Å². The first kappa shape index (κ1) is 15.8. The van der Waals surface area contributed by atoms with Gasteiger partial charge in [-0.25, -0.2) is 0 Å². The van der Waals surface area contributed by atoms with Gasteiger partial charge in [0.25, 0.3) is 0 Å². The smallest absolute Gasteiger partial charge is 0.142 e. The van der Waals surface area contributed by atoms with E-state index in [4.69, 9.17) is 9.57 Å². The Balaban J connectivity index is 1.62. The van der Waals surface area contributed by atoms with E-state index in [1.54, 1.807) is 13.3 Å². The lowest BCUT2D eigenvalue weighted by Crippen LogP contribution is -1.90. The fourth-order valence-corrected chi connectivity index (χ4v) is 2.40. The molecule has 0 aliphatic heterocycles. The Morgan fingerprint density at radius 2 is 1.62 bits per heavy atom. The predicted molar refractivity (Wildman–Crippen MR) is 97.3 cm³/mol. The summed E-state index contributed by atoms with van der Waals surface area (Å²) in [4.78, 5) is 5.42. The molecule has 0 aliphatic carbocycles. The summed E-state index contributed by atoms with van der Waals surface area (Å²) in [5.41, 5.74) is 4.39. The van der Waals surface area contributed by atoms with Crippen molar-refractivity contribution in [1.82, 2.24) is 0 Å². The Kier molecular flexibility index (Phi) is 5.25. The lowest BCUT2D eigenvalue weighted by Gasteiger charge is -2.05. The topological polar surface area (TPSA) is 30.8 Å². The quantitative estimate of drug-likeness (QED) is 0.477. The van der Waals surface area contributed by atoms with Crippen LogP contribution in [0.1, 0.15) is 11.1 Å². The summed E-state index contributed by atoms with van der Waals surface area (Å²) < 4.78 is 5.18. The van der Waals surface area contributed by atoms with Crippen LogP contribution >= 0.6 is 0 Å². The van der Waals surface area contributed by atoms with E-state index in [9.17, 15) is 0 Å². The second-order valence-electron chi connectivity index (χ2n) is 5.35. The van der Waals surface area contributed by atoms with Crippen molar-refractivity contribution in [2.45, 2.75) is 6.61 Å². The van der Waals surface area contributed by atoms with Crippen molar-refractivity contribution in [3.05, 3.63) is 90.0 Å². The minimum atomic E-state index is 0.432. The zero-order chi connectivity index (χ0) is 16.6. The van der Waals surface area contributed by atoms with E-state index in [0.29, 0.717) is 6.61 Å². The Morgan fingerprint density at radius 1 is 0.833 bits per heavy atom. The van der Waals surface area contributed by atoms with Crippen LogP contribution in [-0.2, 0) is 11.4 Å². The highest BCUT2D eigenvalue weighted by Crippen LogP contribution is 2.20. The normalized spacial score (nSPS) is 10.7. The van der Waals surface area contributed by atoms with Gasteiger partial charge in [-0.3, -0.25) is 0 Å². The Morgan fingerprint density at radius 3 is 2.46 bits per heavy atom. The summed E-state index contributed by atoms with van der Waals surface area (Å²) in [7, 11) is 1.65. The van der Waals surface area contributed by atoms with Gasteiger partial charge in [0.1, 0.15) is 12.4 Å². The van der Waals surface area contributed by atoms with E-state index >= 15 is 0 Å². The highest BCUT2D eigenvalue weighted by Gasteiger charge is 1.99. The summed E-state index contributed by atoms with van der Waals surface area (Å²) in [6.45, 7) is 0.432. The van der Waals surface area contributed by atoms with Gasteiger partial charge < -0.3 is 9.57 Å². The second-order valence-corrected chi connectivity index (χ2v) is 5.35. The van der Waals surface area contributed by atoms with Gasteiger partial charge in [-0.05, 0) is 40.5 Å². The van der Waals surface area contributed by atoms with Crippen LogP contribution in [0.25, 0.3) is 11.1 Å². The van der Waals surface area contributed by atoms with Crippen LogP contribution in [0.5, 0.6) is 5.75 Å². The average molecular weight is 317 g/mol. The number of benzene rings is 3. The molecule has 0 spiro atoms. The third kappa shape index (κ3) is 4.23. The first-order valence-corrected chi connectivity index (χ1v) is 7.79. The van der Waals surface area contributed by atoms with E-state index in [1.165, 1.54) is 11.1 Å². The fourth-order valence-electron chi connectivity index (χ4n) is 2.40. The number of nitrogens with zero attached hydrogens (tertiary/aromatic N) is 1. The molecular weight excluding hydrogens is 298 g/mol. The highest BCUT2D eigenvalue weighted by atomic mass is 16.6. The van der Waals surface area contributed by atoms with Gasteiger partial charge in [-0.2, -0.15) is 0 Å². The molecule has 0 heterocycles. The SMILES string of the molecule is COc1cccc(C=NOCc2cccc(-c3ccccc3)c2)c1. The molecule has 3 heteroatoms. The molecule has 0 atom stereocenters.